The van der Waals surface area contributed by atoms with Gasteiger partial charge < -0.3 is 0 Å². The molecule has 1 aliphatic heterocycles. The van der Waals surface area contributed by atoms with Crippen molar-refractivity contribution in [2.45, 2.75) is 39.2 Å². The topological polar surface area (TPSA) is 16.1 Å². The lowest BCUT2D eigenvalue weighted by Crippen LogP contribution is -2.33. The minimum Gasteiger partial charge on any atom is -0.297 e. The van der Waals surface area contributed by atoms with Crippen molar-refractivity contribution in [3.05, 3.63) is 28.5 Å². The number of nitrogens with zero attached hydrogens (tertiary/aromatic N) is 2. The van der Waals surface area contributed by atoms with Crippen LogP contribution in [0.3, 0.4) is 0 Å². The van der Waals surface area contributed by atoms with E-state index in [1.165, 1.54) is 31.4 Å². The third kappa shape index (κ3) is 2.38. The molecule has 0 radical (unpaired) electrons. The molecule has 1 aromatic heterocycles. The van der Waals surface area contributed by atoms with E-state index in [4.69, 9.17) is 11.6 Å². The van der Waals surface area contributed by atoms with Crippen LogP contribution in [0.15, 0.2) is 12.1 Å². The van der Waals surface area contributed by atoms with Gasteiger partial charge in [0.1, 0.15) is 5.15 Å². The SMILES string of the molecule is CCN1CCCC[C@@H]1c1ccc(Cl)nc1C. The summed E-state index contributed by atoms with van der Waals surface area (Å²) in [5.74, 6) is 0. The van der Waals surface area contributed by atoms with Crippen LogP contribution in [0.25, 0.3) is 0 Å². The van der Waals surface area contributed by atoms with Crippen molar-refractivity contribution in [3.8, 4) is 0 Å². The second-order valence-corrected chi connectivity index (χ2v) is 4.84. The van der Waals surface area contributed by atoms with E-state index >= 15 is 0 Å². The fraction of sp³-hybridized carbons (Fsp3) is 0.615. The molecule has 0 saturated carbocycles. The van der Waals surface area contributed by atoms with E-state index in [-0.39, 0.29) is 0 Å². The molecule has 3 heteroatoms. The van der Waals surface area contributed by atoms with Crippen LogP contribution in [0.1, 0.15) is 43.5 Å². The summed E-state index contributed by atoms with van der Waals surface area (Å²) in [6.07, 6.45) is 3.89. The third-order valence-electron chi connectivity index (χ3n) is 3.47. The zero-order valence-corrected chi connectivity index (χ0v) is 10.8. The maximum absolute atomic E-state index is 5.90. The molecule has 88 valence electrons. The van der Waals surface area contributed by atoms with Crippen molar-refractivity contribution < 1.29 is 0 Å². The molecule has 1 saturated heterocycles. The number of rotatable bonds is 2. The summed E-state index contributed by atoms with van der Waals surface area (Å²) in [6.45, 7) is 6.62. The summed E-state index contributed by atoms with van der Waals surface area (Å²) < 4.78 is 0. The molecule has 1 aromatic rings. The Morgan fingerprint density at radius 1 is 1.44 bits per heavy atom. The number of aromatic nitrogens is 1. The number of hydrogen-bond donors (Lipinski definition) is 0. The number of pyridine rings is 1. The second kappa shape index (κ2) is 5.15. The average Bonchev–Trinajstić information content (AvgIpc) is 2.29. The van der Waals surface area contributed by atoms with Crippen molar-refractivity contribution in [3.63, 3.8) is 0 Å². The minimum atomic E-state index is 0.545. The van der Waals surface area contributed by atoms with Crippen LogP contribution in [0, 0.1) is 6.92 Å². The highest BCUT2D eigenvalue weighted by molar-refractivity contribution is 6.29. The number of aryl methyl sites for hydroxylation is 1. The molecule has 0 unspecified atom stereocenters. The molecule has 0 spiro atoms. The Labute approximate surface area is 103 Å². The first-order valence-corrected chi connectivity index (χ1v) is 6.47. The fourth-order valence-corrected chi connectivity index (χ4v) is 2.80. The van der Waals surface area contributed by atoms with Crippen LogP contribution in [0.4, 0.5) is 0 Å². The van der Waals surface area contributed by atoms with E-state index in [0.717, 1.165) is 12.2 Å². The maximum Gasteiger partial charge on any atom is 0.129 e. The zero-order valence-electron chi connectivity index (χ0n) is 10.0. The van der Waals surface area contributed by atoms with Gasteiger partial charge in [-0.25, -0.2) is 4.98 Å². The van der Waals surface area contributed by atoms with Crippen molar-refractivity contribution in [2.24, 2.45) is 0 Å². The molecule has 16 heavy (non-hydrogen) atoms. The highest BCUT2D eigenvalue weighted by Crippen LogP contribution is 2.32. The quantitative estimate of drug-likeness (QED) is 0.732. The normalized spacial score (nSPS) is 22.3. The van der Waals surface area contributed by atoms with Crippen molar-refractivity contribution in [1.82, 2.24) is 9.88 Å². The lowest BCUT2D eigenvalue weighted by Gasteiger charge is -2.35. The van der Waals surface area contributed by atoms with Gasteiger partial charge in [-0.2, -0.15) is 0 Å². The summed E-state index contributed by atoms with van der Waals surface area (Å²) in [7, 11) is 0. The monoisotopic (exact) mass is 238 g/mol. The molecule has 1 atom stereocenters. The van der Waals surface area contributed by atoms with Gasteiger partial charge in [-0.1, -0.05) is 31.0 Å². The highest BCUT2D eigenvalue weighted by atomic mass is 35.5. The lowest BCUT2D eigenvalue weighted by molar-refractivity contribution is 0.156. The smallest absolute Gasteiger partial charge is 0.129 e. The van der Waals surface area contributed by atoms with Crippen molar-refractivity contribution in [1.29, 1.82) is 0 Å². The first-order valence-electron chi connectivity index (χ1n) is 6.09. The van der Waals surface area contributed by atoms with Crippen LogP contribution in [-0.4, -0.2) is 23.0 Å². The first-order chi connectivity index (χ1) is 7.72. The third-order valence-corrected chi connectivity index (χ3v) is 3.68. The molecule has 1 aliphatic rings. The predicted molar refractivity (Wildman–Crippen MR) is 67.8 cm³/mol. The summed E-state index contributed by atoms with van der Waals surface area (Å²) >= 11 is 5.90. The second-order valence-electron chi connectivity index (χ2n) is 4.45. The molecular formula is C13H19ClN2. The van der Waals surface area contributed by atoms with Crippen molar-refractivity contribution in [2.75, 3.05) is 13.1 Å². The number of hydrogen-bond acceptors (Lipinski definition) is 2. The van der Waals surface area contributed by atoms with E-state index in [2.05, 4.69) is 29.8 Å². The Kier molecular flexibility index (Phi) is 3.82. The van der Waals surface area contributed by atoms with Crippen LogP contribution >= 0.6 is 11.6 Å². The van der Waals surface area contributed by atoms with Crippen LogP contribution in [-0.2, 0) is 0 Å². The van der Waals surface area contributed by atoms with Gasteiger partial charge in [0.15, 0.2) is 0 Å². The minimum absolute atomic E-state index is 0.545. The lowest BCUT2D eigenvalue weighted by atomic mass is 9.94. The summed E-state index contributed by atoms with van der Waals surface area (Å²) in [6, 6.07) is 4.60. The standard InChI is InChI=1S/C13H19ClN2/c1-3-16-9-5-4-6-12(16)11-7-8-13(14)15-10(11)2/h7-8,12H,3-6,9H2,1-2H3/t12-/m1/s1. The molecule has 0 aromatic carbocycles. The van der Waals surface area contributed by atoms with Gasteiger partial charge in [-0.05, 0) is 44.5 Å². The number of piperidine rings is 1. The van der Waals surface area contributed by atoms with Crippen molar-refractivity contribution >= 4 is 11.6 Å². The largest absolute Gasteiger partial charge is 0.297 e. The van der Waals surface area contributed by atoms with E-state index in [9.17, 15) is 0 Å². The molecule has 1 fully saturated rings. The Hall–Kier alpha value is -0.600. The number of halogens is 1. The molecule has 2 heterocycles. The summed E-state index contributed by atoms with van der Waals surface area (Å²) in [4.78, 5) is 6.90. The van der Waals surface area contributed by atoms with Crippen LogP contribution in [0.5, 0.6) is 0 Å². The Bertz CT molecular complexity index is 365. The fourth-order valence-electron chi connectivity index (χ4n) is 2.62. The molecule has 2 nitrogen and oxygen atoms in total. The summed E-state index contributed by atoms with van der Waals surface area (Å²) in [5.41, 5.74) is 2.43. The molecule has 2 rings (SSSR count). The van der Waals surface area contributed by atoms with Gasteiger partial charge in [0.2, 0.25) is 0 Å². The summed E-state index contributed by atoms with van der Waals surface area (Å²) in [5, 5.41) is 0.597. The van der Waals surface area contributed by atoms with Gasteiger partial charge in [-0.3, -0.25) is 4.90 Å². The van der Waals surface area contributed by atoms with Gasteiger partial charge >= 0.3 is 0 Å². The molecule has 0 N–H and O–H groups in total. The van der Waals surface area contributed by atoms with Crippen LogP contribution in [0.2, 0.25) is 5.15 Å². The van der Waals surface area contributed by atoms with E-state index in [1.807, 2.05) is 6.07 Å². The zero-order chi connectivity index (χ0) is 11.5. The van der Waals surface area contributed by atoms with Gasteiger partial charge in [0, 0.05) is 11.7 Å². The molecule has 0 amide bonds. The Morgan fingerprint density at radius 3 is 2.94 bits per heavy atom. The van der Waals surface area contributed by atoms with E-state index < -0.39 is 0 Å². The first kappa shape index (κ1) is 11.9. The maximum atomic E-state index is 5.90. The van der Waals surface area contributed by atoms with Gasteiger partial charge in [-0.15, -0.1) is 0 Å². The van der Waals surface area contributed by atoms with Crippen LogP contribution < -0.4 is 0 Å². The van der Waals surface area contributed by atoms with E-state index in [1.54, 1.807) is 0 Å². The molecule has 0 bridgehead atoms. The molecule has 0 aliphatic carbocycles. The number of likely N-dealkylation sites (tertiary alicyclic amines) is 1. The predicted octanol–water partition coefficient (Wildman–Crippen LogP) is 3.59. The highest BCUT2D eigenvalue weighted by Gasteiger charge is 2.24. The van der Waals surface area contributed by atoms with E-state index in [0.29, 0.717) is 11.2 Å². The Morgan fingerprint density at radius 2 is 2.25 bits per heavy atom. The average molecular weight is 239 g/mol. The van der Waals surface area contributed by atoms with Gasteiger partial charge in [0.25, 0.3) is 0 Å². The van der Waals surface area contributed by atoms with Gasteiger partial charge in [0.05, 0.1) is 0 Å². The Balaban J connectivity index is 2.27. The molecular weight excluding hydrogens is 220 g/mol.